The number of methoxy groups -OCH3 is 2. The van der Waals surface area contributed by atoms with Gasteiger partial charge in [-0.25, -0.2) is 13.4 Å². The number of anilines is 1. The van der Waals surface area contributed by atoms with Crippen LogP contribution in [0.5, 0.6) is 11.5 Å². The van der Waals surface area contributed by atoms with E-state index in [1.165, 1.54) is 35.9 Å². The maximum Gasteiger partial charge on any atom is 0.265 e. The van der Waals surface area contributed by atoms with E-state index < -0.39 is 15.9 Å². The van der Waals surface area contributed by atoms with Gasteiger partial charge in [0.25, 0.3) is 5.91 Å². The summed E-state index contributed by atoms with van der Waals surface area (Å²) in [5, 5.41) is 3.10. The molecule has 3 aromatic rings. The first kappa shape index (κ1) is 22.0. The van der Waals surface area contributed by atoms with Crippen molar-refractivity contribution in [3.8, 4) is 11.5 Å². The highest BCUT2D eigenvalue weighted by Gasteiger charge is 2.23. The van der Waals surface area contributed by atoms with Crippen molar-refractivity contribution < 1.29 is 22.7 Å². The van der Waals surface area contributed by atoms with Crippen LogP contribution in [0.2, 0.25) is 0 Å². The molecule has 0 aliphatic rings. The smallest absolute Gasteiger partial charge is 0.265 e. The van der Waals surface area contributed by atoms with E-state index in [9.17, 15) is 13.2 Å². The fourth-order valence-electron chi connectivity index (χ4n) is 3.07. The number of carbonyl (C=O) groups excluding carboxylic acids is 1. The molecule has 0 unspecified atom stereocenters. The van der Waals surface area contributed by atoms with Crippen molar-refractivity contribution >= 4 is 42.6 Å². The zero-order chi connectivity index (χ0) is 21.9. The van der Waals surface area contributed by atoms with Crippen molar-refractivity contribution in [3.05, 3.63) is 42.0 Å². The SMILES string of the molecule is CCN(CC)S(=O)(=O)c1ccc2nc(NC(=O)c3c(OC)cccc3OC)sc2c1. The van der Waals surface area contributed by atoms with Gasteiger partial charge in [-0.15, -0.1) is 0 Å². The molecule has 0 aliphatic heterocycles. The number of hydrogen-bond acceptors (Lipinski definition) is 7. The molecule has 0 saturated heterocycles. The van der Waals surface area contributed by atoms with Gasteiger partial charge in [-0.3, -0.25) is 10.1 Å². The van der Waals surface area contributed by atoms with Crippen LogP contribution in [0.1, 0.15) is 24.2 Å². The minimum atomic E-state index is -3.58. The third kappa shape index (κ3) is 4.11. The number of sulfonamides is 1. The Bertz CT molecular complexity index is 1150. The number of carbonyl (C=O) groups is 1. The van der Waals surface area contributed by atoms with Gasteiger partial charge in [-0.05, 0) is 30.3 Å². The Morgan fingerprint density at radius 1 is 1.10 bits per heavy atom. The Kier molecular flexibility index (Phi) is 6.59. The number of thiazole rings is 1. The number of nitrogens with one attached hydrogen (secondary N) is 1. The van der Waals surface area contributed by atoms with Gasteiger partial charge < -0.3 is 9.47 Å². The molecule has 0 spiro atoms. The lowest BCUT2D eigenvalue weighted by molar-refractivity contribution is 0.102. The molecule has 0 saturated carbocycles. The number of nitrogens with zero attached hydrogens (tertiary/aromatic N) is 2. The molecule has 1 amide bonds. The summed E-state index contributed by atoms with van der Waals surface area (Å²) in [6.07, 6.45) is 0. The lowest BCUT2D eigenvalue weighted by Gasteiger charge is -2.18. The van der Waals surface area contributed by atoms with E-state index in [2.05, 4.69) is 10.3 Å². The summed E-state index contributed by atoms with van der Waals surface area (Å²) in [6, 6.07) is 9.82. The summed E-state index contributed by atoms with van der Waals surface area (Å²) in [5.41, 5.74) is 0.854. The van der Waals surface area contributed by atoms with Crippen LogP contribution in [0.4, 0.5) is 5.13 Å². The molecule has 10 heteroatoms. The second kappa shape index (κ2) is 8.99. The second-order valence-electron chi connectivity index (χ2n) is 6.23. The summed E-state index contributed by atoms with van der Waals surface area (Å²) < 4.78 is 38.1. The van der Waals surface area contributed by atoms with Crippen molar-refractivity contribution in [1.29, 1.82) is 0 Å². The molecule has 0 radical (unpaired) electrons. The summed E-state index contributed by atoms with van der Waals surface area (Å²) in [6.45, 7) is 4.38. The molecule has 0 bridgehead atoms. The number of benzene rings is 2. The zero-order valence-corrected chi connectivity index (χ0v) is 18.8. The third-order valence-electron chi connectivity index (χ3n) is 4.58. The monoisotopic (exact) mass is 449 g/mol. The minimum absolute atomic E-state index is 0.201. The molecule has 8 nitrogen and oxygen atoms in total. The van der Waals surface area contributed by atoms with E-state index in [1.54, 1.807) is 44.2 Å². The first-order valence-corrected chi connectivity index (χ1v) is 11.5. The van der Waals surface area contributed by atoms with Gasteiger partial charge in [-0.2, -0.15) is 4.31 Å². The Labute approximate surface area is 179 Å². The Hall–Kier alpha value is -2.69. The highest BCUT2D eigenvalue weighted by Crippen LogP contribution is 2.32. The van der Waals surface area contributed by atoms with E-state index in [1.807, 2.05) is 0 Å². The predicted molar refractivity (Wildman–Crippen MR) is 117 cm³/mol. The van der Waals surface area contributed by atoms with Gasteiger partial charge in [0.1, 0.15) is 17.1 Å². The van der Waals surface area contributed by atoms with E-state index in [-0.39, 0.29) is 10.5 Å². The summed E-state index contributed by atoms with van der Waals surface area (Å²) >= 11 is 1.20. The predicted octanol–water partition coefficient (Wildman–Crippen LogP) is 3.60. The van der Waals surface area contributed by atoms with Crippen molar-refractivity contribution in [2.24, 2.45) is 0 Å². The highest BCUT2D eigenvalue weighted by molar-refractivity contribution is 7.89. The number of fused-ring (bicyclic) bond motifs is 1. The zero-order valence-electron chi connectivity index (χ0n) is 17.1. The first-order chi connectivity index (χ1) is 14.3. The number of aromatic nitrogens is 1. The summed E-state index contributed by atoms with van der Waals surface area (Å²) in [4.78, 5) is 17.4. The van der Waals surface area contributed by atoms with Crippen molar-refractivity contribution in [2.75, 3.05) is 32.6 Å². The molecule has 160 valence electrons. The molecule has 3 rings (SSSR count). The highest BCUT2D eigenvalue weighted by atomic mass is 32.2. The Morgan fingerprint density at radius 2 is 1.73 bits per heavy atom. The van der Waals surface area contributed by atoms with Crippen LogP contribution in [0, 0.1) is 0 Å². The summed E-state index contributed by atoms with van der Waals surface area (Å²) in [7, 11) is -0.629. The van der Waals surface area contributed by atoms with Gasteiger partial charge >= 0.3 is 0 Å². The quantitative estimate of drug-likeness (QED) is 0.564. The molecule has 1 aromatic heterocycles. The first-order valence-electron chi connectivity index (χ1n) is 9.28. The molecule has 0 fully saturated rings. The molecule has 1 heterocycles. The standard InChI is InChI=1S/C20H23N3O5S2/c1-5-23(6-2)30(25,26)13-10-11-14-17(12-13)29-20(21-14)22-19(24)18-15(27-3)8-7-9-16(18)28-4/h7-12H,5-6H2,1-4H3,(H,21,22,24). The van der Waals surface area contributed by atoms with Crippen LogP contribution in [-0.2, 0) is 10.0 Å². The van der Waals surface area contributed by atoms with Crippen LogP contribution in [0.25, 0.3) is 10.2 Å². The average molecular weight is 450 g/mol. The Morgan fingerprint density at radius 3 is 2.30 bits per heavy atom. The molecule has 1 N–H and O–H groups in total. The fourth-order valence-corrected chi connectivity index (χ4v) is 5.53. The van der Waals surface area contributed by atoms with Crippen LogP contribution < -0.4 is 14.8 Å². The van der Waals surface area contributed by atoms with Gasteiger partial charge in [0.15, 0.2) is 5.13 Å². The van der Waals surface area contributed by atoms with Crippen LogP contribution in [0.15, 0.2) is 41.3 Å². The number of hydrogen-bond donors (Lipinski definition) is 1. The minimum Gasteiger partial charge on any atom is -0.496 e. The van der Waals surface area contributed by atoms with Gasteiger partial charge in [0.2, 0.25) is 10.0 Å². The van der Waals surface area contributed by atoms with E-state index in [0.29, 0.717) is 39.9 Å². The van der Waals surface area contributed by atoms with Crippen LogP contribution in [-0.4, -0.2) is 50.9 Å². The van der Waals surface area contributed by atoms with Crippen LogP contribution in [0.3, 0.4) is 0 Å². The lowest BCUT2D eigenvalue weighted by atomic mass is 10.1. The lowest BCUT2D eigenvalue weighted by Crippen LogP contribution is -2.30. The number of ether oxygens (including phenoxy) is 2. The Balaban J connectivity index is 1.93. The number of rotatable bonds is 8. The van der Waals surface area contributed by atoms with Gasteiger partial charge in [0.05, 0.1) is 29.3 Å². The topological polar surface area (TPSA) is 97.8 Å². The van der Waals surface area contributed by atoms with Gasteiger partial charge in [-0.1, -0.05) is 31.3 Å². The van der Waals surface area contributed by atoms with E-state index in [0.717, 1.165) is 0 Å². The third-order valence-corrected chi connectivity index (χ3v) is 7.56. The average Bonchev–Trinajstić information content (AvgIpc) is 3.14. The second-order valence-corrected chi connectivity index (χ2v) is 9.20. The maximum atomic E-state index is 12.8. The van der Waals surface area contributed by atoms with Crippen LogP contribution >= 0.6 is 11.3 Å². The van der Waals surface area contributed by atoms with E-state index >= 15 is 0 Å². The van der Waals surface area contributed by atoms with Crippen molar-refractivity contribution in [3.63, 3.8) is 0 Å². The number of amides is 1. The van der Waals surface area contributed by atoms with E-state index in [4.69, 9.17) is 9.47 Å². The molecule has 0 aliphatic carbocycles. The fraction of sp³-hybridized carbons (Fsp3) is 0.300. The molecular formula is C20H23N3O5S2. The van der Waals surface area contributed by atoms with Gasteiger partial charge in [0, 0.05) is 13.1 Å². The maximum absolute atomic E-state index is 12.8. The molecule has 2 aromatic carbocycles. The molecule has 30 heavy (non-hydrogen) atoms. The largest absolute Gasteiger partial charge is 0.496 e. The normalized spacial score (nSPS) is 11.6. The van der Waals surface area contributed by atoms with Crippen molar-refractivity contribution in [2.45, 2.75) is 18.7 Å². The molecular weight excluding hydrogens is 426 g/mol. The summed E-state index contributed by atoms with van der Waals surface area (Å²) in [5.74, 6) is 0.320. The molecule has 0 atom stereocenters. The van der Waals surface area contributed by atoms with Crippen molar-refractivity contribution in [1.82, 2.24) is 9.29 Å².